The number of aromatic amines is 1. The van der Waals surface area contributed by atoms with Gasteiger partial charge >= 0.3 is 5.97 Å². The Hall–Kier alpha value is -3.37. The van der Waals surface area contributed by atoms with Crippen molar-refractivity contribution in [2.75, 3.05) is 6.54 Å². The van der Waals surface area contributed by atoms with Crippen molar-refractivity contribution in [3.8, 4) is 0 Å². The van der Waals surface area contributed by atoms with E-state index in [1.165, 1.54) is 5.56 Å². The van der Waals surface area contributed by atoms with E-state index in [0.717, 1.165) is 35.0 Å². The number of fused-ring (bicyclic) bond motifs is 1. The number of aromatic carboxylic acids is 1. The van der Waals surface area contributed by atoms with Crippen molar-refractivity contribution in [3.05, 3.63) is 107 Å². The van der Waals surface area contributed by atoms with Crippen LogP contribution in [0.4, 0.5) is 0 Å². The molecule has 28 heavy (non-hydrogen) atoms. The van der Waals surface area contributed by atoms with Gasteiger partial charge in [0.05, 0.1) is 6.04 Å². The molecule has 4 heteroatoms. The minimum Gasteiger partial charge on any atom is -0.477 e. The second-order valence-electron chi connectivity index (χ2n) is 6.80. The number of benzene rings is 3. The van der Waals surface area contributed by atoms with Crippen molar-refractivity contribution in [1.82, 2.24) is 10.3 Å². The van der Waals surface area contributed by atoms with Crippen LogP contribution in [0.2, 0.25) is 0 Å². The smallest absolute Gasteiger partial charge is 0.352 e. The average molecular weight is 370 g/mol. The zero-order valence-electron chi connectivity index (χ0n) is 15.4. The van der Waals surface area contributed by atoms with E-state index in [9.17, 15) is 9.90 Å². The third-order valence-electron chi connectivity index (χ3n) is 4.99. The molecule has 0 bridgehead atoms. The molecule has 0 saturated heterocycles. The van der Waals surface area contributed by atoms with Crippen LogP contribution in [0.3, 0.4) is 0 Å². The highest BCUT2D eigenvalue weighted by Crippen LogP contribution is 2.32. The molecule has 4 aromatic rings. The van der Waals surface area contributed by atoms with E-state index in [1.807, 2.05) is 72.8 Å². The lowest BCUT2D eigenvalue weighted by molar-refractivity contribution is 0.0689. The molecule has 0 aliphatic carbocycles. The highest BCUT2D eigenvalue weighted by molar-refractivity contribution is 5.98. The molecule has 0 radical (unpaired) electrons. The number of carbonyl (C=O) groups is 1. The van der Waals surface area contributed by atoms with Gasteiger partial charge in [0.15, 0.2) is 0 Å². The molecule has 3 aromatic carbocycles. The molecule has 4 nitrogen and oxygen atoms in total. The summed E-state index contributed by atoms with van der Waals surface area (Å²) in [4.78, 5) is 15.0. The number of carboxylic acid groups (broad SMARTS) is 1. The van der Waals surface area contributed by atoms with Gasteiger partial charge in [-0.1, -0.05) is 78.9 Å². The van der Waals surface area contributed by atoms with Crippen LogP contribution in [0.15, 0.2) is 84.9 Å². The lowest BCUT2D eigenvalue weighted by Crippen LogP contribution is -2.26. The standard InChI is InChI=1S/C24H22N2O2/c27-24(28)23-21(19-13-7-8-14-20(19)26-23)22(18-11-5-2-6-12-18)25-16-15-17-9-3-1-4-10-17/h1-14,22,25-26H,15-16H2,(H,27,28). The Balaban J connectivity index is 1.73. The molecule has 0 fully saturated rings. The molecule has 4 rings (SSSR count). The Bertz CT molecular complexity index is 1070. The topological polar surface area (TPSA) is 65.1 Å². The monoisotopic (exact) mass is 370 g/mol. The van der Waals surface area contributed by atoms with Crippen molar-refractivity contribution >= 4 is 16.9 Å². The minimum absolute atomic E-state index is 0.216. The van der Waals surface area contributed by atoms with Gasteiger partial charge in [-0.3, -0.25) is 0 Å². The molecule has 1 unspecified atom stereocenters. The predicted octanol–water partition coefficient (Wildman–Crippen LogP) is 4.79. The molecule has 140 valence electrons. The first-order chi connectivity index (χ1) is 13.7. The molecule has 1 atom stereocenters. The number of carboxylic acids is 1. The van der Waals surface area contributed by atoms with Gasteiger partial charge in [0.1, 0.15) is 5.69 Å². The Labute approximate surface area is 163 Å². The van der Waals surface area contributed by atoms with Crippen molar-refractivity contribution in [2.24, 2.45) is 0 Å². The summed E-state index contributed by atoms with van der Waals surface area (Å²) < 4.78 is 0. The summed E-state index contributed by atoms with van der Waals surface area (Å²) in [5.41, 5.74) is 4.15. The number of H-pyrrole nitrogens is 1. The van der Waals surface area contributed by atoms with E-state index in [2.05, 4.69) is 22.4 Å². The fraction of sp³-hybridized carbons (Fsp3) is 0.125. The number of hydrogen-bond donors (Lipinski definition) is 3. The molecule has 0 aliphatic rings. The van der Waals surface area contributed by atoms with Crippen LogP contribution in [-0.4, -0.2) is 22.6 Å². The van der Waals surface area contributed by atoms with Crippen LogP contribution in [0.5, 0.6) is 0 Å². The number of aromatic nitrogens is 1. The molecular formula is C24H22N2O2. The van der Waals surface area contributed by atoms with E-state index in [0.29, 0.717) is 0 Å². The fourth-order valence-electron chi connectivity index (χ4n) is 3.67. The van der Waals surface area contributed by atoms with Crippen molar-refractivity contribution in [1.29, 1.82) is 0 Å². The van der Waals surface area contributed by atoms with Crippen LogP contribution in [0.1, 0.15) is 33.2 Å². The molecule has 3 N–H and O–H groups in total. The maximum Gasteiger partial charge on any atom is 0.352 e. The van der Waals surface area contributed by atoms with Gasteiger partial charge in [-0.2, -0.15) is 0 Å². The first kappa shape index (κ1) is 18.0. The zero-order chi connectivity index (χ0) is 19.3. The molecule has 0 spiro atoms. The van der Waals surface area contributed by atoms with Crippen molar-refractivity contribution in [3.63, 3.8) is 0 Å². The fourth-order valence-corrected chi connectivity index (χ4v) is 3.67. The molecular weight excluding hydrogens is 348 g/mol. The molecule has 0 aliphatic heterocycles. The Morgan fingerprint density at radius 3 is 2.25 bits per heavy atom. The SMILES string of the molecule is O=C(O)c1[nH]c2ccccc2c1C(NCCc1ccccc1)c1ccccc1. The summed E-state index contributed by atoms with van der Waals surface area (Å²) in [6.45, 7) is 0.738. The first-order valence-electron chi connectivity index (χ1n) is 9.40. The van der Waals surface area contributed by atoms with Crippen LogP contribution in [0.25, 0.3) is 10.9 Å². The van der Waals surface area contributed by atoms with Crippen molar-refractivity contribution < 1.29 is 9.90 Å². The zero-order valence-corrected chi connectivity index (χ0v) is 15.4. The molecule has 0 amide bonds. The highest BCUT2D eigenvalue weighted by atomic mass is 16.4. The van der Waals surface area contributed by atoms with E-state index < -0.39 is 5.97 Å². The van der Waals surface area contributed by atoms with Gasteiger partial charge in [-0.15, -0.1) is 0 Å². The summed E-state index contributed by atoms with van der Waals surface area (Å²) >= 11 is 0. The third-order valence-corrected chi connectivity index (χ3v) is 4.99. The highest BCUT2D eigenvalue weighted by Gasteiger charge is 2.25. The van der Waals surface area contributed by atoms with Gasteiger partial charge in [-0.05, 0) is 23.6 Å². The predicted molar refractivity (Wildman–Crippen MR) is 112 cm³/mol. The maximum absolute atomic E-state index is 12.0. The van der Waals surface area contributed by atoms with Gasteiger partial charge < -0.3 is 15.4 Å². The largest absolute Gasteiger partial charge is 0.477 e. The Morgan fingerprint density at radius 1 is 0.893 bits per heavy atom. The number of nitrogens with one attached hydrogen (secondary N) is 2. The van der Waals surface area contributed by atoms with Gasteiger partial charge in [0.2, 0.25) is 0 Å². The Morgan fingerprint density at radius 2 is 1.54 bits per heavy atom. The summed E-state index contributed by atoms with van der Waals surface area (Å²) in [5, 5.41) is 14.3. The molecule has 1 heterocycles. The normalized spacial score (nSPS) is 12.1. The van der Waals surface area contributed by atoms with Crippen LogP contribution in [0, 0.1) is 0 Å². The summed E-state index contributed by atoms with van der Waals surface area (Å²) in [6, 6.07) is 27.8. The first-order valence-corrected chi connectivity index (χ1v) is 9.40. The minimum atomic E-state index is -0.947. The quantitative estimate of drug-likeness (QED) is 0.438. The lowest BCUT2D eigenvalue weighted by Gasteiger charge is -2.20. The number of hydrogen-bond acceptors (Lipinski definition) is 2. The van der Waals surface area contributed by atoms with E-state index in [4.69, 9.17) is 0 Å². The Kier molecular flexibility index (Phi) is 5.22. The van der Waals surface area contributed by atoms with Gasteiger partial charge in [-0.25, -0.2) is 4.79 Å². The number of rotatable bonds is 7. The van der Waals surface area contributed by atoms with E-state index >= 15 is 0 Å². The second kappa shape index (κ2) is 8.11. The van der Waals surface area contributed by atoms with Crippen LogP contribution >= 0.6 is 0 Å². The average Bonchev–Trinajstić information content (AvgIpc) is 3.12. The molecule has 0 saturated carbocycles. The summed E-state index contributed by atoms with van der Waals surface area (Å²) in [7, 11) is 0. The maximum atomic E-state index is 12.0. The van der Waals surface area contributed by atoms with Gasteiger partial charge in [0.25, 0.3) is 0 Å². The number of para-hydroxylation sites is 1. The van der Waals surface area contributed by atoms with Gasteiger partial charge in [0, 0.05) is 23.0 Å². The van der Waals surface area contributed by atoms with Crippen LogP contribution in [-0.2, 0) is 6.42 Å². The van der Waals surface area contributed by atoms with Crippen LogP contribution < -0.4 is 5.32 Å². The lowest BCUT2D eigenvalue weighted by atomic mass is 9.95. The summed E-state index contributed by atoms with van der Waals surface area (Å²) in [6.07, 6.45) is 0.870. The van der Waals surface area contributed by atoms with E-state index in [1.54, 1.807) is 0 Å². The molecule has 1 aromatic heterocycles. The second-order valence-corrected chi connectivity index (χ2v) is 6.80. The summed E-state index contributed by atoms with van der Waals surface area (Å²) in [5.74, 6) is -0.947. The third kappa shape index (κ3) is 3.68. The van der Waals surface area contributed by atoms with E-state index in [-0.39, 0.29) is 11.7 Å². The van der Waals surface area contributed by atoms with Crippen molar-refractivity contribution in [2.45, 2.75) is 12.5 Å².